The molecule has 0 aliphatic rings. The van der Waals surface area contributed by atoms with E-state index in [4.69, 9.17) is 9.47 Å². The molecule has 8 heteroatoms. The second-order valence-electron chi connectivity index (χ2n) is 6.12. The Morgan fingerprint density at radius 2 is 2.00 bits per heavy atom. The molecule has 2 aromatic rings. The van der Waals surface area contributed by atoms with Gasteiger partial charge in [-0.15, -0.1) is 0 Å². The summed E-state index contributed by atoms with van der Waals surface area (Å²) in [6.45, 7) is 3.78. The number of anilines is 1. The van der Waals surface area contributed by atoms with Gasteiger partial charge in [-0.3, -0.25) is 4.79 Å². The lowest BCUT2D eigenvalue weighted by Gasteiger charge is -2.14. The summed E-state index contributed by atoms with van der Waals surface area (Å²) in [5.41, 5.74) is 2.06. The van der Waals surface area contributed by atoms with Gasteiger partial charge in [0.25, 0.3) is 5.91 Å². The molecule has 0 aromatic heterocycles. The molecule has 1 N–H and O–H groups in total. The fourth-order valence-electron chi connectivity index (χ4n) is 2.50. The lowest BCUT2D eigenvalue weighted by molar-refractivity contribution is -0.142. The molecule has 0 unspecified atom stereocenters. The van der Waals surface area contributed by atoms with Crippen LogP contribution in [-0.2, 0) is 14.3 Å². The first kappa shape index (κ1) is 23.0. The number of amides is 1. The van der Waals surface area contributed by atoms with Gasteiger partial charge < -0.3 is 19.5 Å². The van der Waals surface area contributed by atoms with Crippen molar-refractivity contribution in [1.29, 1.82) is 5.26 Å². The molecule has 0 saturated carbocycles. The van der Waals surface area contributed by atoms with E-state index in [1.807, 2.05) is 31.2 Å². The van der Waals surface area contributed by atoms with E-state index in [0.29, 0.717) is 33.8 Å². The summed E-state index contributed by atoms with van der Waals surface area (Å²) in [6.07, 6.45) is 1.45. The zero-order valence-corrected chi connectivity index (χ0v) is 18.4. The van der Waals surface area contributed by atoms with Crippen LogP contribution in [0.3, 0.4) is 0 Å². The third-order valence-electron chi connectivity index (χ3n) is 3.85. The number of hydrogen-bond donors (Lipinski definition) is 1. The zero-order chi connectivity index (χ0) is 22.1. The van der Waals surface area contributed by atoms with Crippen LogP contribution in [-0.4, -0.2) is 32.2 Å². The van der Waals surface area contributed by atoms with E-state index in [2.05, 4.69) is 26.0 Å². The summed E-state index contributed by atoms with van der Waals surface area (Å²) < 4.78 is 16.1. The standard InChI is InChI=1S/C22H21BrN2O5/c1-4-29-19-11-15(10-18(23)21(19)30-13-20(26)28-3)9-16(12-24)22(27)25-17-7-5-6-14(2)8-17/h5-11H,4,13H2,1-3H3,(H,25,27)/b16-9+. The Balaban J connectivity index is 2.31. The highest BCUT2D eigenvalue weighted by Gasteiger charge is 2.16. The number of aryl methyl sites for hydroxylation is 1. The van der Waals surface area contributed by atoms with E-state index in [1.165, 1.54) is 13.2 Å². The van der Waals surface area contributed by atoms with Crippen molar-refractivity contribution in [3.63, 3.8) is 0 Å². The molecule has 0 heterocycles. The summed E-state index contributed by atoms with van der Waals surface area (Å²) in [6, 6.07) is 12.5. The maximum Gasteiger partial charge on any atom is 0.343 e. The predicted octanol–water partition coefficient (Wildman–Crippen LogP) is 4.25. The average Bonchev–Trinajstić information content (AvgIpc) is 2.71. The van der Waals surface area contributed by atoms with E-state index in [0.717, 1.165) is 5.56 Å². The molecule has 7 nitrogen and oxygen atoms in total. The van der Waals surface area contributed by atoms with Crippen molar-refractivity contribution in [2.45, 2.75) is 13.8 Å². The molecule has 0 atom stereocenters. The number of rotatable bonds is 8. The molecule has 0 aliphatic carbocycles. The maximum absolute atomic E-state index is 12.5. The fraction of sp³-hybridized carbons (Fsp3) is 0.227. The largest absolute Gasteiger partial charge is 0.490 e. The SMILES string of the molecule is CCOc1cc(/C=C(\C#N)C(=O)Nc2cccc(C)c2)cc(Br)c1OCC(=O)OC. The van der Waals surface area contributed by atoms with Crippen LogP contribution in [0.15, 0.2) is 46.4 Å². The Hall–Kier alpha value is -3.31. The van der Waals surface area contributed by atoms with Crippen molar-refractivity contribution in [1.82, 2.24) is 0 Å². The number of carbonyl (C=O) groups excluding carboxylic acids is 2. The molecule has 2 rings (SSSR count). The average molecular weight is 473 g/mol. The van der Waals surface area contributed by atoms with Gasteiger partial charge >= 0.3 is 5.97 Å². The first-order valence-electron chi connectivity index (χ1n) is 9.03. The minimum Gasteiger partial charge on any atom is -0.490 e. The number of nitrogens with one attached hydrogen (secondary N) is 1. The molecule has 0 aliphatic heterocycles. The number of nitriles is 1. The van der Waals surface area contributed by atoms with Gasteiger partial charge in [0, 0.05) is 5.69 Å². The summed E-state index contributed by atoms with van der Waals surface area (Å²) >= 11 is 3.38. The molecule has 1 amide bonds. The van der Waals surface area contributed by atoms with E-state index in [1.54, 1.807) is 25.1 Å². The van der Waals surface area contributed by atoms with Gasteiger partial charge in [-0.2, -0.15) is 5.26 Å². The Labute approximate surface area is 183 Å². The van der Waals surface area contributed by atoms with Gasteiger partial charge in [0.15, 0.2) is 18.1 Å². The molecule has 0 saturated heterocycles. The smallest absolute Gasteiger partial charge is 0.343 e. The Morgan fingerprint density at radius 1 is 1.23 bits per heavy atom. The van der Waals surface area contributed by atoms with Crippen LogP contribution in [0.5, 0.6) is 11.5 Å². The number of esters is 1. The summed E-state index contributed by atoms with van der Waals surface area (Å²) in [7, 11) is 1.27. The summed E-state index contributed by atoms with van der Waals surface area (Å²) in [4.78, 5) is 23.9. The number of methoxy groups -OCH3 is 1. The number of halogens is 1. The van der Waals surface area contributed by atoms with Crippen LogP contribution in [0.2, 0.25) is 0 Å². The number of carbonyl (C=O) groups is 2. The predicted molar refractivity (Wildman–Crippen MR) is 116 cm³/mol. The molecule has 0 fully saturated rings. The van der Waals surface area contributed by atoms with Gasteiger partial charge in [0.05, 0.1) is 18.2 Å². The molecule has 2 aromatic carbocycles. The molecular weight excluding hydrogens is 452 g/mol. The first-order valence-corrected chi connectivity index (χ1v) is 9.83. The molecule has 0 radical (unpaired) electrons. The zero-order valence-electron chi connectivity index (χ0n) is 16.8. The molecule has 0 bridgehead atoms. The van der Waals surface area contributed by atoms with Crippen molar-refractivity contribution in [3.8, 4) is 17.6 Å². The number of nitrogens with zero attached hydrogens (tertiary/aromatic N) is 1. The quantitative estimate of drug-likeness (QED) is 0.350. The van der Waals surface area contributed by atoms with Gasteiger partial charge in [-0.1, -0.05) is 12.1 Å². The highest BCUT2D eigenvalue weighted by molar-refractivity contribution is 9.10. The fourth-order valence-corrected chi connectivity index (χ4v) is 3.07. The van der Waals surface area contributed by atoms with Gasteiger partial charge in [0.1, 0.15) is 11.6 Å². The molecule has 0 spiro atoms. The maximum atomic E-state index is 12.5. The monoisotopic (exact) mass is 472 g/mol. The van der Waals surface area contributed by atoms with Crippen molar-refractivity contribution in [2.75, 3.05) is 25.6 Å². The van der Waals surface area contributed by atoms with Crippen LogP contribution >= 0.6 is 15.9 Å². The van der Waals surface area contributed by atoms with Gasteiger partial charge in [0.2, 0.25) is 0 Å². The number of ether oxygens (including phenoxy) is 3. The lowest BCUT2D eigenvalue weighted by atomic mass is 10.1. The Bertz CT molecular complexity index is 1010. The summed E-state index contributed by atoms with van der Waals surface area (Å²) in [5.74, 6) is -0.378. The highest BCUT2D eigenvalue weighted by Crippen LogP contribution is 2.37. The van der Waals surface area contributed by atoms with Crippen LogP contribution < -0.4 is 14.8 Å². The van der Waals surface area contributed by atoms with E-state index in [-0.39, 0.29) is 12.2 Å². The van der Waals surface area contributed by atoms with Crippen LogP contribution in [0.25, 0.3) is 6.08 Å². The highest BCUT2D eigenvalue weighted by atomic mass is 79.9. The van der Waals surface area contributed by atoms with E-state index < -0.39 is 11.9 Å². The van der Waals surface area contributed by atoms with E-state index >= 15 is 0 Å². The second-order valence-corrected chi connectivity index (χ2v) is 6.98. The summed E-state index contributed by atoms with van der Waals surface area (Å²) in [5, 5.41) is 12.2. The lowest BCUT2D eigenvalue weighted by Crippen LogP contribution is -2.14. The van der Waals surface area contributed by atoms with Crippen molar-refractivity contribution < 1.29 is 23.8 Å². The normalized spacial score (nSPS) is 10.7. The molecule has 30 heavy (non-hydrogen) atoms. The second kappa shape index (κ2) is 11.0. The van der Waals surface area contributed by atoms with Gasteiger partial charge in [-0.05, 0) is 71.2 Å². The van der Waals surface area contributed by atoms with Gasteiger partial charge in [-0.25, -0.2) is 4.79 Å². The Kier molecular flexibility index (Phi) is 8.44. The minimum atomic E-state index is -0.534. The van der Waals surface area contributed by atoms with Crippen LogP contribution in [0, 0.1) is 18.3 Å². The van der Waals surface area contributed by atoms with E-state index in [9.17, 15) is 14.9 Å². The Morgan fingerprint density at radius 3 is 2.63 bits per heavy atom. The topological polar surface area (TPSA) is 97.6 Å². The van der Waals surface area contributed by atoms with Crippen molar-refractivity contribution in [2.24, 2.45) is 0 Å². The first-order chi connectivity index (χ1) is 14.4. The molecule has 156 valence electrons. The number of benzene rings is 2. The number of hydrogen-bond acceptors (Lipinski definition) is 6. The van der Waals surface area contributed by atoms with Crippen molar-refractivity contribution >= 4 is 39.6 Å². The third kappa shape index (κ3) is 6.36. The third-order valence-corrected chi connectivity index (χ3v) is 4.43. The minimum absolute atomic E-state index is 0.0749. The van der Waals surface area contributed by atoms with Crippen LogP contribution in [0.1, 0.15) is 18.1 Å². The van der Waals surface area contributed by atoms with Crippen LogP contribution in [0.4, 0.5) is 5.69 Å². The van der Waals surface area contributed by atoms with Crippen molar-refractivity contribution in [3.05, 3.63) is 57.6 Å². The molecular formula is C22H21BrN2O5.